The molecule has 0 aliphatic carbocycles. The van der Waals surface area contributed by atoms with Gasteiger partial charge in [0.25, 0.3) is 0 Å². The maximum atomic E-state index is 14.3. The van der Waals surface area contributed by atoms with Crippen LogP contribution in [0.5, 0.6) is 0 Å². The van der Waals surface area contributed by atoms with Crippen molar-refractivity contribution < 1.29 is 92.0 Å². The molecule has 568 valence electrons. The van der Waals surface area contributed by atoms with Crippen LogP contribution in [0, 0.1) is 17.8 Å². The third-order valence-electron chi connectivity index (χ3n) is 15.5. The summed E-state index contributed by atoms with van der Waals surface area (Å²) in [5, 5.41) is 58.5. The predicted molar refractivity (Wildman–Crippen MR) is 375 cm³/mol. The average molecular weight is 1470 g/mol. The zero-order valence-electron chi connectivity index (χ0n) is 58.4. The van der Waals surface area contributed by atoms with E-state index >= 15 is 0 Å². The Morgan fingerprint density at radius 2 is 0.891 bits per heavy atom. The lowest BCUT2D eigenvalue weighted by atomic mass is 9.97. The second-order valence-electron chi connectivity index (χ2n) is 25.1. The quantitative estimate of drug-likeness (QED) is 0.0218. The van der Waals surface area contributed by atoms with Gasteiger partial charge in [0.1, 0.15) is 60.4 Å². The van der Waals surface area contributed by atoms with Crippen molar-refractivity contribution in [1.29, 1.82) is 0 Å². The molecule has 0 spiro atoms. The Bertz CT molecular complexity index is 2940. The van der Waals surface area contributed by atoms with E-state index in [0.29, 0.717) is 30.6 Å². The van der Waals surface area contributed by atoms with E-state index < -0.39 is 218 Å². The maximum Gasteiger partial charge on any atom is 0.326 e. The van der Waals surface area contributed by atoms with E-state index in [9.17, 15) is 92.0 Å². The van der Waals surface area contributed by atoms with E-state index in [2.05, 4.69) is 76.4 Å². The number of carbonyl (C=O) groups excluding carboxylic acids is 13. The van der Waals surface area contributed by atoms with Crippen LogP contribution in [-0.4, -0.2) is 220 Å². The lowest BCUT2D eigenvalue weighted by molar-refractivity contribution is -0.142. The van der Waals surface area contributed by atoms with E-state index in [-0.39, 0.29) is 70.4 Å². The topological polar surface area (TPSA) is 582 Å². The zero-order valence-corrected chi connectivity index (χ0v) is 60.1. The SMILES string of the molecule is CC[C@H](C)[C@H](NC(=O)CNC(=O)[C@@H](N)CCSC)C(=O)N[C@@H](CCCCN)C(=O)N[C@@H](CCC(=O)O)C(=O)N[C@@H](CC(N)=O)C(=O)N[C@@H](CC(C)C)C(=O)N[C@@H](CCCCN)C(=O)N[C@@H](CC(=O)O)C(=O)N[C@@H](CS)C(=O)NCC(=O)N[C@@H](CC(C)C)C(=O)N[C@@H](Cc1ccccc1)C(=O)O. The standard InChI is InChI=1S/C64H106N16O19S2/c1-8-36(6)53(80-50(83)32-69-54(88)38(67)22-25-101-7)63(97)74-40(19-13-15-24-66)56(90)73-41(20-21-51(84)85)58(92)76-44(29-48(68)81)61(95)75-43(27-35(4)5)60(94)72-39(18-12-14-23-65)57(91)77-45(30-52(86)87)62(96)79-47(33-100)55(89)70-31-49(82)71-42(26-34(2)3)59(93)78-46(64(98)99)28-37-16-10-9-11-17-37/h9-11,16-17,34-36,38-47,53,100H,8,12-15,18-33,65-67H2,1-7H3,(H2,68,81)(H,69,88)(H,70,89)(H,71,82)(H,72,94)(H,73,90)(H,74,97)(H,75,95)(H,76,92)(H,77,91)(H,78,93)(H,79,96)(H,80,83)(H,84,85)(H,86,87)(H,98,99)/t36-,38-,39-,40-,41-,42-,43-,44-,45-,46-,47-,53-/m0/s1. The molecule has 1 aromatic rings. The van der Waals surface area contributed by atoms with E-state index in [0.717, 1.165) is 0 Å². The Kier molecular flexibility index (Phi) is 43.8. The van der Waals surface area contributed by atoms with Crippen molar-refractivity contribution in [3.63, 3.8) is 0 Å². The summed E-state index contributed by atoms with van der Waals surface area (Å²) in [4.78, 5) is 213. The fraction of sp³-hybridized carbons (Fsp3) is 0.656. The molecule has 13 amide bonds. The number of amides is 13. The summed E-state index contributed by atoms with van der Waals surface area (Å²) < 4.78 is 0. The normalized spacial score (nSPS) is 14.7. The van der Waals surface area contributed by atoms with Crippen molar-refractivity contribution in [3.05, 3.63) is 35.9 Å². The number of hydrogen-bond donors (Lipinski definition) is 20. The first-order chi connectivity index (χ1) is 47.6. The molecule has 0 bridgehead atoms. The average Bonchev–Trinajstić information content (AvgIpc) is 0.868. The Morgan fingerprint density at radius 3 is 1.34 bits per heavy atom. The second kappa shape index (κ2) is 49.0. The molecular weight excluding hydrogens is 1360 g/mol. The first-order valence-electron chi connectivity index (χ1n) is 33.4. The van der Waals surface area contributed by atoms with Gasteiger partial charge in [0.15, 0.2) is 0 Å². The van der Waals surface area contributed by atoms with Crippen molar-refractivity contribution in [2.75, 3.05) is 43.9 Å². The van der Waals surface area contributed by atoms with Crippen LogP contribution in [0.25, 0.3) is 0 Å². The van der Waals surface area contributed by atoms with Gasteiger partial charge in [-0.3, -0.25) is 71.9 Å². The number of carboxylic acids is 3. The van der Waals surface area contributed by atoms with Crippen LogP contribution < -0.4 is 86.7 Å². The summed E-state index contributed by atoms with van der Waals surface area (Å²) in [7, 11) is 0. The molecule has 0 saturated heterocycles. The molecule has 0 fully saturated rings. The lowest BCUT2D eigenvalue weighted by Crippen LogP contribution is -2.61. The fourth-order valence-electron chi connectivity index (χ4n) is 9.81. The fourth-order valence-corrected chi connectivity index (χ4v) is 10.6. The number of thioether (sulfide) groups is 1. The highest BCUT2D eigenvalue weighted by Gasteiger charge is 2.37. The maximum absolute atomic E-state index is 14.3. The smallest absolute Gasteiger partial charge is 0.326 e. The van der Waals surface area contributed by atoms with Gasteiger partial charge in [-0.1, -0.05) is 78.3 Å². The van der Waals surface area contributed by atoms with Crippen molar-refractivity contribution in [3.8, 4) is 0 Å². The highest BCUT2D eigenvalue weighted by molar-refractivity contribution is 7.98. The van der Waals surface area contributed by atoms with Crippen LogP contribution in [0.3, 0.4) is 0 Å². The minimum absolute atomic E-state index is 0.0627. The van der Waals surface area contributed by atoms with Gasteiger partial charge < -0.3 is 102 Å². The molecule has 0 aliphatic rings. The monoisotopic (exact) mass is 1470 g/mol. The van der Waals surface area contributed by atoms with Gasteiger partial charge in [0, 0.05) is 18.6 Å². The predicted octanol–water partition coefficient (Wildman–Crippen LogP) is -3.98. The minimum Gasteiger partial charge on any atom is -0.481 e. The van der Waals surface area contributed by atoms with E-state index in [1.54, 1.807) is 71.9 Å². The summed E-state index contributed by atoms with van der Waals surface area (Å²) in [6.45, 7) is 9.18. The third kappa shape index (κ3) is 37.0. The van der Waals surface area contributed by atoms with Crippen molar-refractivity contribution in [1.82, 2.24) is 63.8 Å². The van der Waals surface area contributed by atoms with Crippen molar-refractivity contribution in [2.45, 2.75) is 204 Å². The highest BCUT2D eigenvalue weighted by atomic mass is 32.2. The molecule has 1 rings (SSSR count). The molecule has 35 nitrogen and oxygen atoms in total. The summed E-state index contributed by atoms with van der Waals surface area (Å²) in [6, 6.07) is -8.11. The van der Waals surface area contributed by atoms with Crippen LogP contribution in [0.15, 0.2) is 30.3 Å². The number of carbonyl (C=O) groups is 16. The second-order valence-corrected chi connectivity index (χ2v) is 26.5. The zero-order chi connectivity index (χ0) is 76.5. The van der Waals surface area contributed by atoms with Crippen LogP contribution in [-0.2, 0) is 83.1 Å². The van der Waals surface area contributed by atoms with Crippen molar-refractivity contribution >= 4 is 119 Å². The van der Waals surface area contributed by atoms with Gasteiger partial charge in [-0.25, -0.2) is 4.79 Å². The molecule has 12 atom stereocenters. The Hall–Kier alpha value is -8.68. The molecule has 0 aliphatic heterocycles. The van der Waals surface area contributed by atoms with Gasteiger partial charge in [0.05, 0.1) is 32.0 Å². The van der Waals surface area contributed by atoms with Gasteiger partial charge in [-0.2, -0.15) is 24.4 Å². The number of nitrogens with two attached hydrogens (primary N) is 4. The summed E-state index contributed by atoms with van der Waals surface area (Å²) in [6.07, 6.45) is -0.256. The number of rotatable bonds is 52. The van der Waals surface area contributed by atoms with Crippen LogP contribution in [0.4, 0.5) is 0 Å². The Balaban J connectivity index is 3.47. The number of primary amides is 1. The van der Waals surface area contributed by atoms with Crippen LogP contribution >= 0.6 is 24.4 Å². The van der Waals surface area contributed by atoms with Gasteiger partial charge >= 0.3 is 17.9 Å². The summed E-state index contributed by atoms with van der Waals surface area (Å²) in [5.41, 5.74) is 23.5. The number of benzene rings is 1. The molecule has 37 heteroatoms. The molecule has 0 saturated carbocycles. The van der Waals surface area contributed by atoms with E-state index in [4.69, 9.17) is 22.9 Å². The molecule has 0 radical (unpaired) electrons. The number of unbranched alkanes of at least 4 members (excludes halogenated alkanes) is 2. The third-order valence-corrected chi connectivity index (χ3v) is 16.5. The summed E-state index contributed by atoms with van der Waals surface area (Å²) >= 11 is 5.61. The largest absolute Gasteiger partial charge is 0.481 e. The molecule has 23 N–H and O–H groups in total. The number of hydrogen-bond acceptors (Lipinski definition) is 21. The molecule has 0 aromatic heterocycles. The number of carboxylic acid groups (broad SMARTS) is 3. The molecule has 0 heterocycles. The highest BCUT2D eigenvalue weighted by Crippen LogP contribution is 2.15. The Labute approximate surface area is 597 Å². The number of nitrogens with one attached hydrogen (secondary N) is 12. The number of aliphatic carboxylic acids is 3. The molecule has 0 unspecified atom stereocenters. The first kappa shape index (κ1) is 90.3. The Morgan fingerprint density at radius 1 is 0.475 bits per heavy atom. The van der Waals surface area contributed by atoms with Gasteiger partial charge in [0.2, 0.25) is 76.8 Å². The van der Waals surface area contributed by atoms with Gasteiger partial charge in [-0.05, 0) is 113 Å². The lowest BCUT2D eigenvalue weighted by Gasteiger charge is -2.29. The van der Waals surface area contributed by atoms with E-state index in [1.807, 2.05) is 6.26 Å². The number of thiol groups is 1. The van der Waals surface area contributed by atoms with Crippen LogP contribution in [0.1, 0.15) is 137 Å². The molecule has 101 heavy (non-hydrogen) atoms. The molecule has 1 aromatic carbocycles. The summed E-state index contributed by atoms with van der Waals surface area (Å²) in [5.74, 6) is -18.2. The molecular formula is C64H106N16O19S2. The minimum atomic E-state index is -1.94. The van der Waals surface area contributed by atoms with Crippen LogP contribution in [0.2, 0.25) is 0 Å². The first-order valence-corrected chi connectivity index (χ1v) is 35.5. The van der Waals surface area contributed by atoms with Gasteiger partial charge in [-0.15, -0.1) is 0 Å². The van der Waals surface area contributed by atoms with E-state index in [1.165, 1.54) is 11.8 Å². The van der Waals surface area contributed by atoms with Crippen molar-refractivity contribution in [2.24, 2.45) is 40.7 Å².